The van der Waals surface area contributed by atoms with Crippen LogP contribution >= 0.6 is 0 Å². The largest absolute Gasteiger partial charge is 0.507 e. The van der Waals surface area contributed by atoms with Gasteiger partial charge >= 0.3 is 5.97 Å². The lowest BCUT2D eigenvalue weighted by Crippen LogP contribution is -2.30. The quantitative estimate of drug-likeness (QED) is 0.547. The van der Waals surface area contributed by atoms with Crippen molar-refractivity contribution < 1.29 is 24.2 Å². The highest BCUT2D eigenvalue weighted by atomic mass is 16.5. The van der Waals surface area contributed by atoms with Gasteiger partial charge < -0.3 is 14.6 Å². The fourth-order valence-electron chi connectivity index (χ4n) is 3.31. The van der Waals surface area contributed by atoms with Gasteiger partial charge in [0, 0.05) is 5.56 Å². The molecule has 0 saturated carbocycles. The number of carbonyl (C=O) groups excluding carboxylic acids is 2. The minimum absolute atomic E-state index is 0.0272. The smallest absolute Gasteiger partial charge is 0.356 e. The molecule has 0 aliphatic carbocycles. The first-order valence-electron chi connectivity index (χ1n) is 8.85. The molecule has 0 bridgehead atoms. The Labute approximate surface area is 161 Å². The summed E-state index contributed by atoms with van der Waals surface area (Å²) in [5.74, 6) is -0.551. The molecule has 1 aliphatic heterocycles. The van der Waals surface area contributed by atoms with Crippen LogP contribution in [0.4, 0.5) is 5.69 Å². The van der Waals surface area contributed by atoms with Crippen molar-refractivity contribution in [1.29, 1.82) is 0 Å². The third kappa shape index (κ3) is 2.89. The van der Waals surface area contributed by atoms with Crippen LogP contribution in [0.2, 0.25) is 0 Å². The van der Waals surface area contributed by atoms with Gasteiger partial charge in [0.15, 0.2) is 18.1 Å². The van der Waals surface area contributed by atoms with Crippen LogP contribution in [0.15, 0.2) is 59.6 Å². The molecule has 0 spiro atoms. The molecule has 0 saturated heterocycles. The Kier molecular flexibility index (Phi) is 4.53. The van der Waals surface area contributed by atoms with Crippen LogP contribution in [0.5, 0.6) is 11.5 Å². The number of aliphatic imine (C=N–C) groups is 1. The van der Waals surface area contributed by atoms with Gasteiger partial charge in [0.25, 0.3) is 0 Å². The summed E-state index contributed by atoms with van der Waals surface area (Å²) < 4.78 is 11.3. The van der Waals surface area contributed by atoms with Gasteiger partial charge in [-0.25, -0.2) is 9.79 Å². The number of esters is 1. The second-order valence-corrected chi connectivity index (χ2v) is 6.25. The second-order valence-electron chi connectivity index (χ2n) is 6.25. The number of hydrogen-bond donors (Lipinski definition) is 1. The molecule has 140 valence electrons. The van der Waals surface area contributed by atoms with Gasteiger partial charge in [-0.2, -0.15) is 0 Å². The summed E-state index contributed by atoms with van der Waals surface area (Å²) in [6.45, 7) is 1.87. The zero-order valence-corrected chi connectivity index (χ0v) is 15.1. The fraction of sp³-hybridized carbons (Fsp3) is 0.136. The number of hydrogen-bond acceptors (Lipinski definition) is 6. The molecule has 1 aliphatic rings. The zero-order chi connectivity index (χ0) is 19.7. The summed E-state index contributed by atoms with van der Waals surface area (Å²) in [5, 5.41) is 11.9. The molecule has 4 rings (SSSR count). The number of phenols is 1. The maximum atomic E-state index is 12.6. The molecule has 0 radical (unpaired) electrons. The molecule has 3 aromatic rings. The summed E-state index contributed by atoms with van der Waals surface area (Å²) in [4.78, 5) is 28.4. The van der Waals surface area contributed by atoms with Crippen LogP contribution < -0.4 is 4.74 Å². The maximum absolute atomic E-state index is 12.6. The summed E-state index contributed by atoms with van der Waals surface area (Å²) >= 11 is 0. The molecule has 6 nitrogen and oxygen atoms in total. The molecule has 6 heteroatoms. The second kappa shape index (κ2) is 7.15. The summed E-state index contributed by atoms with van der Waals surface area (Å²) in [5.41, 5.74) is 0.876. The fourth-order valence-corrected chi connectivity index (χ4v) is 3.31. The van der Waals surface area contributed by atoms with E-state index in [2.05, 4.69) is 4.99 Å². The van der Waals surface area contributed by atoms with E-state index < -0.39 is 12.1 Å². The van der Waals surface area contributed by atoms with Crippen LogP contribution in [-0.2, 0) is 9.53 Å². The molecular weight excluding hydrogens is 358 g/mol. The summed E-state index contributed by atoms with van der Waals surface area (Å²) in [6, 6.07) is 16.4. The van der Waals surface area contributed by atoms with E-state index in [1.807, 2.05) is 42.5 Å². The number of rotatable bonds is 4. The molecule has 28 heavy (non-hydrogen) atoms. The van der Waals surface area contributed by atoms with Gasteiger partial charge in [0.1, 0.15) is 17.2 Å². The Morgan fingerprint density at radius 3 is 2.75 bits per heavy atom. The van der Waals surface area contributed by atoms with E-state index >= 15 is 0 Å². The SMILES string of the molecule is CCOC(=O)C1=Nc2c(ccc(O)c2C=O)OC1c1cccc2ccccc12. The first-order chi connectivity index (χ1) is 13.6. The van der Waals surface area contributed by atoms with Crippen molar-refractivity contribution in [2.24, 2.45) is 4.99 Å². The lowest BCUT2D eigenvalue weighted by Gasteiger charge is -2.27. The normalized spacial score (nSPS) is 15.3. The molecule has 1 N–H and O–H groups in total. The average Bonchev–Trinajstić information content (AvgIpc) is 2.72. The van der Waals surface area contributed by atoms with Gasteiger partial charge in [-0.3, -0.25) is 4.79 Å². The highest BCUT2D eigenvalue weighted by molar-refractivity contribution is 6.39. The van der Waals surface area contributed by atoms with Crippen LogP contribution in [0.3, 0.4) is 0 Å². The Morgan fingerprint density at radius 2 is 1.96 bits per heavy atom. The number of fused-ring (bicyclic) bond motifs is 2. The predicted octanol–water partition coefficient (Wildman–Crippen LogP) is 4.13. The van der Waals surface area contributed by atoms with Gasteiger partial charge in [-0.1, -0.05) is 42.5 Å². The Hall–Kier alpha value is -3.67. The number of aldehydes is 1. The van der Waals surface area contributed by atoms with Gasteiger partial charge in [-0.05, 0) is 29.8 Å². The van der Waals surface area contributed by atoms with Crippen LogP contribution in [0, 0.1) is 0 Å². The highest BCUT2D eigenvalue weighted by Gasteiger charge is 2.34. The van der Waals surface area contributed by atoms with E-state index in [1.165, 1.54) is 12.1 Å². The van der Waals surface area contributed by atoms with Crippen LogP contribution in [0.1, 0.15) is 28.9 Å². The number of carbonyl (C=O) groups is 2. The first kappa shape index (κ1) is 17.7. The van der Waals surface area contributed by atoms with E-state index in [0.29, 0.717) is 12.0 Å². The first-order valence-corrected chi connectivity index (χ1v) is 8.85. The van der Waals surface area contributed by atoms with E-state index in [0.717, 1.165) is 16.3 Å². The Bertz CT molecular complexity index is 1110. The van der Waals surface area contributed by atoms with Crippen LogP contribution in [-0.4, -0.2) is 29.7 Å². The molecule has 3 aromatic carbocycles. The number of phenolic OH excluding ortho intramolecular Hbond substituents is 1. The summed E-state index contributed by atoms with van der Waals surface area (Å²) in [6.07, 6.45) is -0.316. The van der Waals surface area contributed by atoms with E-state index in [1.54, 1.807) is 6.92 Å². The standard InChI is InChI=1S/C22H17NO5/c1-2-27-22(26)20-21(15-9-5-7-13-6-3-4-8-14(13)15)28-18-11-10-17(25)16(12-24)19(18)23-20/h3-12,21,25H,2H2,1H3. The van der Waals surface area contributed by atoms with Gasteiger partial charge in [-0.15, -0.1) is 0 Å². The molecule has 1 heterocycles. The van der Waals surface area contributed by atoms with Crippen molar-refractivity contribution in [2.75, 3.05) is 6.61 Å². The third-order valence-electron chi connectivity index (χ3n) is 4.59. The minimum atomic E-state index is -0.804. The molecule has 1 unspecified atom stereocenters. The lowest BCUT2D eigenvalue weighted by molar-refractivity contribution is -0.135. The van der Waals surface area contributed by atoms with E-state index in [4.69, 9.17) is 9.47 Å². The average molecular weight is 375 g/mol. The zero-order valence-electron chi connectivity index (χ0n) is 15.1. The Balaban J connectivity index is 1.93. The van der Waals surface area contributed by atoms with Crippen molar-refractivity contribution in [1.82, 2.24) is 0 Å². The van der Waals surface area contributed by atoms with Crippen molar-refractivity contribution in [3.05, 3.63) is 65.7 Å². The molecule has 0 aromatic heterocycles. The molecule has 1 atom stereocenters. The maximum Gasteiger partial charge on any atom is 0.356 e. The molecule has 0 fully saturated rings. The highest BCUT2D eigenvalue weighted by Crippen LogP contribution is 2.43. The lowest BCUT2D eigenvalue weighted by atomic mass is 9.96. The molecular formula is C22H17NO5. The van der Waals surface area contributed by atoms with E-state index in [9.17, 15) is 14.7 Å². The van der Waals surface area contributed by atoms with Crippen molar-refractivity contribution in [3.63, 3.8) is 0 Å². The topological polar surface area (TPSA) is 85.2 Å². The van der Waals surface area contributed by atoms with Crippen LogP contribution in [0.25, 0.3) is 10.8 Å². The monoisotopic (exact) mass is 375 g/mol. The number of aromatic hydroxyl groups is 1. The van der Waals surface area contributed by atoms with Crippen molar-refractivity contribution in [3.8, 4) is 11.5 Å². The number of benzene rings is 3. The van der Waals surface area contributed by atoms with Crippen molar-refractivity contribution >= 4 is 34.4 Å². The minimum Gasteiger partial charge on any atom is -0.507 e. The summed E-state index contributed by atoms with van der Waals surface area (Å²) in [7, 11) is 0. The van der Waals surface area contributed by atoms with Gasteiger partial charge in [0.2, 0.25) is 0 Å². The number of ether oxygens (including phenoxy) is 2. The third-order valence-corrected chi connectivity index (χ3v) is 4.59. The van der Waals surface area contributed by atoms with Gasteiger partial charge in [0.05, 0.1) is 12.2 Å². The predicted molar refractivity (Wildman–Crippen MR) is 105 cm³/mol. The number of nitrogens with zero attached hydrogens (tertiary/aromatic N) is 1. The Morgan fingerprint density at radius 1 is 1.18 bits per heavy atom. The molecule has 0 amide bonds. The van der Waals surface area contributed by atoms with E-state index in [-0.39, 0.29) is 29.3 Å². The van der Waals surface area contributed by atoms with Crippen molar-refractivity contribution in [2.45, 2.75) is 13.0 Å².